The van der Waals surface area contributed by atoms with Crippen LogP contribution in [-0.2, 0) is 9.53 Å². The SMILES string of the molecule is CC/C(=C/COc1cc(Br)ccc1C)C(=O)OC. The Morgan fingerprint density at radius 1 is 1.44 bits per heavy atom. The number of rotatable bonds is 5. The van der Waals surface area contributed by atoms with Crippen LogP contribution >= 0.6 is 15.9 Å². The molecule has 0 bridgehead atoms. The summed E-state index contributed by atoms with van der Waals surface area (Å²) in [6, 6.07) is 5.85. The summed E-state index contributed by atoms with van der Waals surface area (Å²) in [6.45, 7) is 4.25. The third-order valence-electron chi connectivity index (χ3n) is 2.55. The van der Waals surface area contributed by atoms with Crippen LogP contribution in [0.2, 0.25) is 0 Å². The quantitative estimate of drug-likeness (QED) is 0.615. The molecule has 0 aliphatic carbocycles. The van der Waals surface area contributed by atoms with Crippen molar-refractivity contribution < 1.29 is 14.3 Å². The van der Waals surface area contributed by atoms with Gasteiger partial charge in [0.05, 0.1) is 7.11 Å². The smallest absolute Gasteiger partial charge is 0.333 e. The number of halogens is 1. The Bertz CT molecular complexity index is 452. The molecule has 0 radical (unpaired) electrons. The summed E-state index contributed by atoms with van der Waals surface area (Å²) in [5.41, 5.74) is 1.69. The zero-order chi connectivity index (χ0) is 13.5. The number of benzene rings is 1. The van der Waals surface area contributed by atoms with Gasteiger partial charge in [-0.2, -0.15) is 0 Å². The van der Waals surface area contributed by atoms with Crippen molar-refractivity contribution in [1.29, 1.82) is 0 Å². The topological polar surface area (TPSA) is 35.5 Å². The minimum atomic E-state index is -0.299. The van der Waals surface area contributed by atoms with Crippen molar-refractivity contribution in [3.05, 3.63) is 39.9 Å². The molecule has 4 heteroatoms. The minimum Gasteiger partial charge on any atom is -0.489 e. The summed E-state index contributed by atoms with van der Waals surface area (Å²) < 4.78 is 11.3. The van der Waals surface area contributed by atoms with E-state index in [2.05, 4.69) is 20.7 Å². The van der Waals surface area contributed by atoms with Crippen LogP contribution in [0.15, 0.2) is 34.3 Å². The molecule has 0 heterocycles. The predicted molar refractivity (Wildman–Crippen MR) is 74.8 cm³/mol. The molecule has 0 aliphatic rings. The highest BCUT2D eigenvalue weighted by atomic mass is 79.9. The summed E-state index contributed by atoms with van der Waals surface area (Å²) in [5, 5.41) is 0. The number of carbonyl (C=O) groups is 1. The van der Waals surface area contributed by atoms with E-state index in [1.54, 1.807) is 6.08 Å². The van der Waals surface area contributed by atoms with Crippen molar-refractivity contribution in [2.24, 2.45) is 0 Å². The summed E-state index contributed by atoms with van der Waals surface area (Å²) in [7, 11) is 1.38. The number of methoxy groups -OCH3 is 1. The van der Waals surface area contributed by atoms with Crippen molar-refractivity contribution in [3.63, 3.8) is 0 Å². The van der Waals surface area contributed by atoms with Crippen LogP contribution in [-0.4, -0.2) is 19.7 Å². The van der Waals surface area contributed by atoms with Crippen molar-refractivity contribution in [2.45, 2.75) is 20.3 Å². The highest BCUT2D eigenvalue weighted by molar-refractivity contribution is 9.10. The Morgan fingerprint density at radius 2 is 2.17 bits per heavy atom. The lowest BCUT2D eigenvalue weighted by Crippen LogP contribution is -2.06. The van der Waals surface area contributed by atoms with Gasteiger partial charge in [0.2, 0.25) is 0 Å². The van der Waals surface area contributed by atoms with Crippen molar-refractivity contribution in [2.75, 3.05) is 13.7 Å². The zero-order valence-electron chi connectivity index (χ0n) is 10.8. The van der Waals surface area contributed by atoms with Crippen molar-refractivity contribution in [3.8, 4) is 5.75 Å². The molecule has 0 saturated heterocycles. The van der Waals surface area contributed by atoms with Gasteiger partial charge in [-0.15, -0.1) is 0 Å². The van der Waals surface area contributed by atoms with E-state index in [1.165, 1.54) is 7.11 Å². The molecule has 0 aromatic heterocycles. The fourth-order valence-electron chi connectivity index (χ4n) is 1.46. The molecule has 0 amide bonds. The van der Waals surface area contributed by atoms with Crippen molar-refractivity contribution in [1.82, 2.24) is 0 Å². The van der Waals surface area contributed by atoms with E-state index in [9.17, 15) is 4.79 Å². The van der Waals surface area contributed by atoms with E-state index in [-0.39, 0.29) is 5.97 Å². The van der Waals surface area contributed by atoms with Gasteiger partial charge in [-0.1, -0.05) is 28.9 Å². The van der Waals surface area contributed by atoms with Gasteiger partial charge in [0.15, 0.2) is 0 Å². The lowest BCUT2D eigenvalue weighted by atomic mass is 10.2. The molecule has 0 unspecified atom stereocenters. The fourth-order valence-corrected chi connectivity index (χ4v) is 1.80. The first-order chi connectivity index (χ1) is 8.58. The number of ether oxygens (including phenoxy) is 2. The molecular weight excluding hydrogens is 296 g/mol. The maximum Gasteiger partial charge on any atom is 0.333 e. The number of carbonyl (C=O) groups excluding carboxylic acids is 1. The Labute approximate surface area is 116 Å². The normalized spacial score (nSPS) is 11.2. The van der Waals surface area contributed by atoms with Crippen LogP contribution in [0.1, 0.15) is 18.9 Å². The van der Waals surface area contributed by atoms with Crippen LogP contribution in [0.25, 0.3) is 0 Å². The second-order valence-corrected chi connectivity index (χ2v) is 4.71. The third kappa shape index (κ3) is 4.18. The van der Waals surface area contributed by atoms with Crippen molar-refractivity contribution >= 4 is 21.9 Å². The highest BCUT2D eigenvalue weighted by Gasteiger charge is 2.06. The molecule has 3 nitrogen and oxygen atoms in total. The van der Waals surface area contributed by atoms with E-state index >= 15 is 0 Å². The Morgan fingerprint density at radius 3 is 2.78 bits per heavy atom. The van der Waals surface area contributed by atoms with E-state index in [1.807, 2.05) is 32.0 Å². The number of aryl methyl sites for hydroxylation is 1. The van der Waals surface area contributed by atoms with Crippen LogP contribution in [0.3, 0.4) is 0 Å². The molecule has 0 fully saturated rings. The molecule has 1 aromatic rings. The summed E-state index contributed by atoms with van der Waals surface area (Å²) in [4.78, 5) is 11.4. The summed E-state index contributed by atoms with van der Waals surface area (Å²) in [5.74, 6) is 0.507. The fraction of sp³-hybridized carbons (Fsp3) is 0.357. The van der Waals surface area contributed by atoms with Gasteiger partial charge in [0, 0.05) is 10.0 Å². The standard InChI is InChI=1S/C14H17BrO3/c1-4-11(14(16)17-3)7-8-18-13-9-12(15)6-5-10(13)2/h5-7,9H,4,8H2,1-3H3/b11-7-. The van der Waals surface area contributed by atoms with E-state index in [0.717, 1.165) is 15.8 Å². The summed E-state index contributed by atoms with van der Waals surface area (Å²) >= 11 is 3.40. The Kier molecular flexibility index (Phi) is 5.92. The largest absolute Gasteiger partial charge is 0.489 e. The van der Waals surface area contributed by atoms with E-state index in [0.29, 0.717) is 18.6 Å². The molecule has 0 spiro atoms. The molecule has 18 heavy (non-hydrogen) atoms. The monoisotopic (exact) mass is 312 g/mol. The first-order valence-electron chi connectivity index (χ1n) is 5.74. The maximum absolute atomic E-state index is 11.4. The average Bonchev–Trinajstić information content (AvgIpc) is 2.37. The van der Waals surface area contributed by atoms with Gasteiger partial charge >= 0.3 is 5.97 Å². The van der Waals surface area contributed by atoms with Crippen LogP contribution in [0.4, 0.5) is 0 Å². The molecule has 98 valence electrons. The van der Waals surface area contributed by atoms with Gasteiger partial charge in [-0.3, -0.25) is 0 Å². The number of hydrogen-bond acceptors (Lipinski definition) is 3. The lowest BCUT2D eigenvalue weighted by molar-refractivity contribution is -0.136. The Balaban J connectivity index is 2.67. The minimum absolute atomic E-state index is 0.299. The molecular formula is C14H17BrO3. The second kappa shape index (κ2) is 7.21. The predicted octanol–water partition coefficient (Wildman–Crippen LogP) is 3.65. The molecule has 1 aromatic carbocycles. The third-order valence-corrected chi connectivity index (χ3v) is 3.04. The second-order valence-electron chi connectivity index (χ2n) is 3.80. The van der Waals surface area contributed by atoms with Gasteiger partial charge in [-0.25, -0.2) is 4.79 Å². The summed E-state index contributed by atoms with van der Waals surface area (Å²) in [6.07, 6.45) is 2.39. The maximum atomic E-state index is 11.4. The van der Waals surface area contributed by atoms with Gasteiger partial charge in [0.25, 0.3) is 0 Å². The molecule has 0 N–H and O–H groups in total. The molecule has 0 aliphatic heterocycles. The van der Waals surface area contributed by atoms with Crippen LogP contribution in [0.5, 0.6) is 5.75 Å². The number of hydrogen-bond donors (Lipinski definition) is 0. The molecule has 1 rings (SSSR count). The van der Waals surface area contributed by atoms with Crippen LogP contribution < -0.4 is 4.74 Å². The van der Waals surface area contributed by atoms with E-state index < -0.39 is 0 Å². The van der Waals surface area contributed by atoms with Gasteiger partial charge in [-0.05, 0) is 37.1 Å². The van der Waals surface area contributed by atoms with Crippen LogP contribution in [0, 0.1) is 6.92 Å². The average molecular weight is 313 g/mol. The zero-order valence-corrected chi connectivity index (χ0v) is 12.4. The first kappa shape index (κ1) is 14.8. The van der Waals surface area contributed by atoms with Gasteiger partial charge < -0.3 is 9.47 Å². The first-order valence-corrected chi connectivity index (χ1v) is 6.54. The number of esters is 1. The molecule has 0 atom stereocenters. The van der Waals surface area contributed by atoms with E-state index in [4.69, 9.17) is 4.74 Å². The molecule has 0 saturated carbocycles. The Hall–Kier alpha value is -1.29. The lowest BCUT2D eigenvalue weighted by Gasteiger charge is -2.08. The highest BCUT2D eigenvalue weighted by Crippen LogP contribution is 2.22. The van der Waals surface area contributed by atoms with Gasteiger partial charge in [0.1, 0.15) is 12.4 Å².